The summed E-state index contributed by atoms with van der Waals surface area (Å²) in [5.41, 5.74) is 0. The van der Waals surface area contributed by atoms with Gasteiger partial charge in [-0.1, -0.05) is 89.9 Å². The molecule has 1 aromatic rings. The lowest BCUT2D eigenvalue weighted by Gasteiger charge is -2.03. The van der Waals surface area contributed by atoms with E-state index in [1.807, 2.05) is 0 Å². The normalized spacial score (nSPS) is 10.9. The molecule has 0 amide bonds. The molecule has 0 aliphatic rings. The van der Waals surface area contributed by atoms with Crippen molar-refractivity contribution in [2.24, 2.45) is 0 Å². The number of nitrogens with zero attached hydrogens (tertiary/aromatic N) is 2. The van der Waals surface area contributed by atoms with E-state index in [-0.39, 0.29) is 0 Å². The Morgan fingerprint density at radius 3 is 1.80 bits per heavy atom. The van der Waals surface area contributed by atoms with Gasteiger partial charge in [-0.25, -0.2) is 9.13 Å². The van der Waals surface area contributed by atoms with Crippen LogP contribution in [-0.4, -0.2) is 4.57 Å². The first-order valence-corrected chi connectivity index (χ1v) is 10.8. The van der Waals surface area contributed by atoms with Gasteiger partial charge in [0.1, 0.15) is 12.4 Å². The highest BCUT2D eigenvalue weighted by atomic mass is 15.1. The Balaban J connectivity index is 1.87. The van der Waals surface area contributed by atoms with Crippen molar-refractivity contribution in [1.29, 1.82) is 0 Å². The minimum atomic E-state index is 0.678. The third-order valence-corrected chi connectivity index (χ3v) is 5.27. The van der Waals surface area contributed by atoms with Gasteiger partial charge in [0.15, 0.2) is 6.54 Å². The number of hydrogen-bond donors (Lipinski definition) is 0. The van der Waals surface area contributed by atoms with Crippen molar-refractivity contribution in [3.8, 4) is 12.3 Å². The van der Waals surface area contributed by atoms with Gasteiger partial charge in [0.2, 0.25) is 0 Å². The number of terminal acetylenes is 1. The summed E-state index contributed by atoms with van der Waals surface area (Å²) in [5, 5.41) is 0. The predicted molar refractivity (Wildman–Crippen MR) is 109 cm³/mol. The average molecular weight is 346 g/mol. The molecule has 0 saturated carbocycles. The summed E-state index contributed by atoms with van der Waals surface area (Å²) in [6.07, 6.45) is 29.5. The maximum atomic E-state index is 5.39. The first-order valence-electron chi connectivity index (χ1n) is 10.8. The van der Waals surface area contributed by atoms with Crippen molar-refractivity contribution in [2.75, 3.05) is 0 Å². The highest BCUT2D eigenvalue weighted by Gasteiger charge is 2.10. The molecule has 0 radical (unpaired) electrons. The Hall–Kier alpha value is -1.23. The monoisotopic (exact) mass is 345 g/mol. The van der Waals surface area contributed by atoms with Gasteiger partial charge in [0, 0.05) is 6.92 Å². The fraction of sp³-hybridized carbons (Fsp3) is 0.783. The molecule has 1 aromatic heterocycles. The molecule has 0 aliphatic carbocycles. The van der Waals surface area contributed by atoms with E-state index in [0.717, 1.165) is 6.54 Å². The number of imidazole rings is 1. The van der Waals surface area contributed by atoms with Gasteiger partial charge < -0.3 is 0 Å². The van der Waals surface area contributed by atoms with Crippen LogP contribution in [0.5, 0.6) is 0 Å². The molecule has 25 heavy (non-hydrogen) atoms. The predicted octanol–water partition coefficient (Wildman–Crippen LogP) is 6.20. The summed E-state index contributed by atoms with van der Waals surface area (Å²) in [6.45, 7) is 6.25. The lowest BCUT2D eigenvalue weighted by Crippen LogP contribution is -2.35. The molecule has 0 aliphatic heterocycles. The first kappa shape index (κ1) is 21.8. The molecule has 0 atom stereocenters. The van der Waals surface area contributed by atoms with Crippen LogP contribution in [0, 0.1) is 19.3 Å². The molecule has 0 fully saturated rings. The van der Waals surface area contributed by atoms with Crippen LogP contribution in [-0.2, 0) is 13.1 Å². The highest BCUT2D eigenvalue weighted by Crippen LogP contribution is 2.12. The van der Waals surface area contributed by atoms with Crippen molar-refractivity contribution < 1.29 is 4.57 Å². The minimum Gasteiger partial charge on any atom is -0.234 e. The number of aryl methyl sites for hydroxylation is 1. The second-order valence-corrected chi connectivity index (χ2v) is 7.47. The van der Waals surface area contributed by atoms with E-state index >= 15 is 0 Å². The second-order valence-electron chi connectivity index (χ2n) is 7.47. The van der Waals surface area contributed by atoms with Crippen LogP contribution >= 0.6 is 0 Å². The zero-order valence-corrected chi connectivity index (χ0v) is 16.9. The molecule has 2 heteroatoms. The van der Waals surface area contributed by atoms with Crippen LogP contribution in [0.2, 0.25) is 0 Å². The molecule has 0 spiro atoms. The zero-order valence-electron chi connectivity index (χ0n) is 16.9. The van der Waals surface area contributed by atoms with Crippen molar-refractivity contribution in [1.82, 2.24) is 4.57 Å². The Labute approximate surface area is 157 Å². The van der Waals surface area contributed by atoms with Crippen molar-refractivity contribution in [3.63, 3.8) is 0 Å². The summed E-state index contributed by atoms with van der Waals surface area (Å²) in [5.74, 6) is 3.98. The standard InChI is InChI=1S/C23H41N2/c1-4-6-7-8-9-10-11-12-13-14-15-16-17-18-20-25-22-21-24(19-5-2)23(25)3/h2,21-22H,4,6-20H2,1,3H3/q+1. The van der Waals surface area contributed by atoms with Gasteiger partial charge in [0.05, 0.1) is 6.54 Å². The van der Waals surface area contributed by atoms with Crippen molar-refractivity contribution in [2.45, 2.75) is 117 Å². The topological polar surface area (TPSA) is 8.81 Å². The maximum Gasteiger partial charge on any atom is 0.254 e. The van der Waals surface area contributed by atoms with Gasteiger partial charge in [0.25, 0.3) is 5.82 Å². The van der Waals surface area contributed by atoms with Crippen LogP contribution in [0.4, 0.5) is 0 Å². The Morgan fingerprint density at radius 1 is 0.840 bits per heavy atom. The Bertz CT molecular complexity index is 467. The van der Waals surface area contributed by atoms with Gasteiger partial charge in [-0.05, 0) is 12.8 Å². The first-order chi connectivity index (χ1) is 12.3. The molecule has 1 rings (SSSR count). The molecule has 1 heterocycles. The molecular formula is C23H41N2+. The van der Waals surface area contributed by atoms with E-state index in [9.17, 15) is 0 Å². The largest absolute Gasteiger partial charge is 0.254 e. The molecule has 0 saturated heterocycles. The van der Waals surface area contributed by atoms with Crippen LogP contribution in [0.15, 0.2) is 12.4 Å². The molecule has 0 aromatic carbocycles. The second kappa shape index (κ2) is 15.1. The number of hydrogen-bond acceptors (Lipinski definition) is 0. The Kier molecular flexibility index (Phi) is 13.1. The summed E-state index contributed by atoms with van der Waals surface area (Å²) >= 11 is 0. The smallest absolute Gasteiger partial charge is 0.234 e. The summed E-state index contributed by atoms with van der Waals surface area (Å²) in [7, 11) is 0. The lowest BCUT2D eigenvalue weighted by molar-refractivity contribution is -0.702. The van der Waals surface area contributed by atoms with Crippen molar-refractivity contribution >= 4 is 0 Å². The number of aromatic nitrogens is 2. The molecule has 0 bridgehead atoms. The van der Waals surface area contributed by atoms with E-state index in [1.54, 1.807) is 0 Å². The summed E-state index contributed by atoms with van der Waals surface area (Å²) < 4.78 is 4.47. The molecule has 142 valence electrons. The maximum absolute atomic E-state index is 5.39. The third-order valence-electron chi connectivity index (χ3n) is 5.27. The SMILES string of the molecule is C#CCn1cc[n+](CCCCCCCCCCCCCCCC)c1C. The summed E-state index contributed by atoms with van der Waals surface area (Å²) in [4.78, 5) is 0. The fourth-order valence-electron chi connectivity index (χ4n) is 3.52. The number of rotatable bonds is 16. The van der Waals surface area contributed by atoms with Gasteiger partial charge in [-0.3, -0.25) is 0 Å². The van der Waals surface area contributed by atoms with Gasteiger partial charge in [-0.15, -0.1) is 6.42 Å². The Morgan fingerprint density at radius 2 is 1.32 bits per heavy atom. The minimum absolute atomic E-state index is 0.678. The van der Waals surface area contributed by atoms with Crippen LogP contribution in [0.25, 0.3) is 0 Å². The highest BCUT2D eigenvalue weighted by molar-refractivity contribution is 4.90. The van der Waals surface area contributed by atoms with E-state index in [1.165, 1.54) is 95.7 Å². The van der Waals surface area contributed by atoms with E-state index in [2.05, 4.69) is 41.3 Å². The van der Waals surface area contributed by atoms with Gasteiger partial charge >= 0.3 is 0 Å². The van der Waals surface area contributed by atoms with Crippen LogP contribution in [0.1, 0.15) is 103 Å². The molecule has 0 unspecified atom stereocenters. The molecule has 0 N–H and O–H groups in total. The van der Waals surface area contributed by atoms with Crippen molar-refractivity contribution in [3.05, 3.63) is 18.2 Å². The summed E-state index contributed by atoms with van der Waals surface area (Å²) in [6, 6.07) is 0. The molecular weight excluding hydrogens is 304 g/mol. The average Bonchev–Trinajstić information content (AvgIpc) is 2.96. The third kappa shape index (κ3) is 10.4. The quantitative estimate of drug-likeness (QED) is 0.192. The van der Waals surface area contributed by atoms with E-state index < -0.39 is 0 Å². The van der Waals surface area contributed by atoms with Gasteiger partial charge in [-0.2, -0.15) is 0 Å². The van der Waals surface area contributed by atoms with Crippen LogP contribution in [0.3, 0.4) is 0 Å². The van der Waals surface area contributed by atoms with E-state index in [0.29, 0.717) is 6.54 Å². The number of unbranched alkanes of at least 4 members (excludes halogenated alkanes) is 13. The molecule has 2 nitrogen and oxygen atoms in total. The zero-order chi connectivity index (χ0) is 18.2. The fourth-order valence-corrected chi connectivity index (χ4v) is 3.52. The van der Waals surface area contributed by atoms with Crippen LogP contribution < -0.4 is 4.57 Å². The van der Waals surface area contributed by atoms with E-state index in [4.69, 9.17) is 6.42 Å². The lowest BCUT2D eigenvalue weighted by atomic mass is 10.0.